The third-order valence-electron chi connectivity index (χ3n) is 3.01. The van der Waals surface area contributed by atoms with Gasteiger partial charge < -0.3 is 10.0 Å². The van der Waals surface area contributed by atoms with Crippen molar-refractivity contribution in [2.24, 2.45) is 0 Å². The topological polar surface area (TPSA) is 23.5 Å². The van der Waals surface area contributed by atoms with E-state index in [-0.39, 0.29) is 25.6 Å². The molecular weight excluding hydrogens is 198 g/mol. The van der Waals surface area contributed by atoms with Gasteiger partial charge in [0.25, 0.3) is 0 Å². The first-order valence-electron chi connectivity index (χ1n) is 5.52. The minimum atomic E-state index is 0. The average molecular weight is 221 g/mol. The van der Waals surface area contributed by atoms with Crippen LogP contribution in [-0.2, 0) is 6.42 Å². The molecule has 16 heavy (non-hydrogen) atoms. The highest BCUT2D eigenvalue weighted by Crippen LogP contribution is 2.36. The third-order valence-corrected chi connectivity index (χ3v) is 3.01. The number of aliphatic hydroxyl groups is 1. The molecule has 1 aliphatic heterocycles. The van der Waals surface area contributed by atoms with Gasteiger partial charge >= 0.3 is 0 Å². The number of anilines is 1. The van der Waals surface area contributed by atoms with E-state index in [1.165, 1.54) is 11.3 Å². The molecule has 2 heteroatoms. The molecule has 90 valence electrons. The van der Waals surface area contributed by atoms with Crippen LogP contribution in [-0.4, -0.2) is 23.3 Å². The van der Waals surface area contributed by atoms with Crippen LogP contribution < -0.4 is 4.90 Å². The van der Waals surface area contributed by atoms with E-state index in [4.69, 9.17) is 0 Å². The first-order chi connectivity index (χ1) is 7.04. The van der Waals surface area contributed by atoms with Crippen LogP contribution in [0.5, 0.6) is 0 Å². The maximum atomic E-state index is 9.43. The molecule has 0 saturated carbocycles. The van der Waals surface area contributed by atoms with Gasteiger partial charge in [-0.3, -0.25) is 0 Å². The Kier molecular flexibility index (Phi) is 3.64. The molecule has 2 rings (SSSR count). The smallest absolute Gasteiger partial charge is 0.0638 e. The summed E-state index contributed by atoms with van der Waals surface area (Å²) in [5, 5.41) is 9.43. The molecular formula is C14H23NO. The largest absolute Gasteiger partial charge is 0.394 e. The van der Waals surface area contributed by atoms with Crippen molar-refractivity contribution in [2.45, 2.75) is 46.2 Å². The molecule has 1 aromatic rings. The van der Waals surface area contributed by atoms with Crippen LogP contribution in [0.25, 0.3) is 0 Å². The van der Waals surface area contributed by atoms with Crippen LogP contribution in [0.2, 0.25) is 0 Å². The summed E-state index contributed by atoms with van der Waals surface area (Å²) >= 11 is 0. The van der Waals surface area contributed by atoms with E-state index in [0.717, 1.165) is 6.42 Å². The predicted octanol–water partition coefficient (Wildman–Crippen LogP) is 2.84. The number of aliphatic hydroxyl groups excluding tert-OH is 1. The number of benzene rings is 1. The standard InChI is InChI=1S/C13H19NO.CH4/c1-13(2,3)14-11(9-15)8-10-6-4-5-7-12(10)14;/h4-7,11,15H,8-9H2,1-3H3;1H4. The molecule has 0 amide bonds. The fourth-order valence-corrected chi connectivity index (χ4v) is 2.52. The summed E-state index contributed by atoms with van der Waals surface area (Å²) in [5.74, 6) is 0. The van der Waals surface area contributed by atoms with Crippen molar-refractivity contribution in [3.63, 3.8) is 0 Å². The van der Waals surface area contributed by atoms with Gasteiger partial charge in [-0.15, -0.1) is 0 Å². The lowest BCUT2D eigenvalue weighted by atomic mass is 10.0. The number of nitrogens with zero attached hydrogens (tertiary/aromatic N) is 1. The monoisotopic (exact) mass is 221 g/mol. The minimum Gasteiger partial charge on any atom is -0.394 e. The predicted molar refractivity (Wildman–Crippen MR) is 70.0 cm³/mol. The highest BCUT2D eigenvalue weighted by atomic mass is 16.3. The minimum absolute atomic E-state index is 0. The molecule has 2 nitrogen and oxygen atoms in total. The highest BCUT2D eigenvalue weighted by molar-refractivity contribution is 5.61. The number of hydrogen-bond acceptors (Lipinski definition) is 2. The molecule has 0 aliphatic carbocycles. The fourth-order valence-electron chi connectivity index (χ4n) is 2.52. The van der Waals surface area contributed by atoms with Crippen molar-refractivity contribution < 1.29 is 5.11 Å². The number of rotatable bonds is 1. The Morgan fingerprint density at radius 1 is 1.31 bits per heavy atom. The van der Waals surface area contributed by atoms with Crippen molar-refractivity contribution in [1.29, 1.82) is 0 Å². The van der Waals surface area contributed by atoms with E-state index in [2.05, 4.69) is 49.9 Å². The first-order valence-corrected chi connectivity index (χ1v) is 5.52. The van der Waals surface area contributed by atoms with Crippen LogP contribution >= 0.6 is 0 Å². The maximum absolute atomic E-state index is 9.43. The Bertz CT molecular complexity index is 354. The van der Waals surface area contributed by atoms with E-state index in [1.54, 1.807) is 0 Å². The summed E-state index contributed by atoms with van der Waals surface area (Å²) < 4.78 is 0. The second-order valence-electron chi connectivity index (χ2n) is 5.21. The zero-order chi connectivity index (χ0) is 11.1. The molecule has 0 fully saturated rings. The average Bonchev–Trinajstić information content (AvgIpc) is 2.54. The first kappa shape index (κ1) is 13.0. The molecule has 0 aromatic heterocycles. The van der Waals surface area contributed by atoms with Gasteiger partial charge in [-0.25, -0.2) is 0 Å². The normalized spacial score (nSPS) is 19.2. The lowest BCUT2D eigenvalue weighted by Crippen LogP contribution is -2.47. The van der Waals surface area contributed by atoms with E-state index >= 15 is 0 Å². The van der Waals surface area contributed by atoms with Crippen molar-refractivity contribution in [2.75, 3.05) is 11.5 Å². The van der Waals surface area contributed by atoms with Gasteiger partial charge in [-0.05, 0) is 38.8 Å². The molecule has 0 radical (unpaired) electrons. The van der Waals surface area contributed by atoms with Crippen LogP contribution in [0.3, 0.4) is 0 Å². The zero-order valence-electron chi connectivity index (χ0n) is 9.70. The summed E-state index contributed by atoms with van der Waals surface area (Å²) in [5.41, 5.74) is 2.70. The Hall–Kier alpha value is -1.02. The van der Waals surface area contributed by atoms with Gasteiger partial charge in [0.05, 0.1) is 12.6 Å². The lowest BCUT2D eigenvalue weighted by molar-refractivity contribution is 0.248. The van der Waals surface area contributed by atoms with Crippen molar-refractivity contribution in [1.82, 2.24) is 0 Å². The van der Waals surface area contributed by atoms with E-state index in [1.807, 2.05) is 0 Å². The summed E-state index contributed by atoms with van der Waals surface area (Å²) in [4.78, 5) is 2.34. The summed E-state index contributed by atoms with van der Waals surface area (Å²) in [6, 6.07) is 8.68. The molecule has 1 atom stereocenters. The zero-order valence-corrected chi connectivity index (χ0v) is 9.70. The molecule has 1 N–H and O–H groups in total. The van der Waals surface area contributed by atoms with Crippen molar-refractivity contribution in [3.05, 3.63) is 29.8 Å². The number of fused-ring (bicyclic) bond motifs is 1. The van der Waals surface area contributed by atoms with Gasteiger partial charge in [0.2, 0.25) is 0 Å². The molecule has 0 bridgehead atoms. The fraction of sp³-hybridized carbons (Fsp3) is 0.571. The molecule has 1 aromatic carbocycles. The highest BCUT2D eigenvalue weighted by Gasteiger charge is 2.35. The second kappa shape index (κ2) is 4.46. The lowest BCUT2D eigenvalue weighted by Gasteiger charge is -2.39. The Labute approximate surface area is 98.9 Å². The van der Waals surface area contributed by atoms with E-state index < -0.39 is 0 Å². The SMILES string of the molecule is C.CC(C)(C)N1c2ccccc2CC1CO. The van der Waals surface area contributed by atoms with Crippen LogP contribution in [0.4, 0.5) is 5.69 Å². The Balaban J connectivity index is 0.00000128. The van der Waals surface area contributed by atoms with Gasteiger partial charge in [0, 0.05) is 11.2 Å². The molecule has 1 aliphatic rings. The summed E-state index contributed by atoms with van der Waals surface area (Å²) in [6.07, 6.45) is 0.962. The van der Waals surface area contributed by atoms with Crippen LogP contribution in [0.1, 0.15) is 33.8 Å². The van der Waals surface area contributed by atoms with Gasteiger partial charge in [0.1, 0.15) is 0 Å². The third kappa shape index (κ3) is 2.07. The van der Waals surface area contributed by atoms with Gasteiger partial charge in [0.15, 0.2) is 0 Å². The second-order valence-corrected chi connectivity index (χ2v) is 5.21. The van der Waals surface area contributed by atoms with E-state index in [9.17, 15) is 5.11 Å². The molecule has 1 unspecified atom stereocenters. The van der Waals surface area contributed by atoms with Crippen molar-refractivity contribution in [3.8, 4) is 0 Å². The van der Waals surface area contributed by atoms with Crippen LogP contribution in [0.15, 0.2) is 24.3 Å². The Morgan fingerprint density at radius 2 is 1.94 bits per heavy atom. The summed E-state index contributed by atoms with van der Waals surface area (Å²) in [7, 11) is 0. The van der Waals surface area contributed by atoms with Gasteiger partial charge in [-0.1, -0.05) is 25.6 Å². The van der Waals surface area contributed by atoms with Crippen LogP contribution in [0, 0.1) is 0 Å². The molecule has 1 heterocycles. The Morgan fingerprint density at radius 3 is 2.50 bits per heavy atom. The quantitative estimate of drug-likeness (QED) is 0.788. The van der Waals surface area contributed by atoms with Crippen molar-refractivity contribution >= 4 is 5.69 Å². The molecule has 0 saturated heterocycles. The maximum Gasteiger partial charge on any atom is 0.0638 e. The number of para-hydroxylation sites is 1. The molecule has 0 spiro atoms. The number of hydrogen-bond donors (Lipinski definition) is 1. The van der Waals surface area contributed by atoms with Gasteiger partial charge in [-0.2, -0.15) is 0 Å². The summed E-state index contributed by atoms with van der Waals surface area (Å²) in [6.45, 7) is 6.80. The van der Waals surface area contributed by atoms with E-state index in [0.29, 0.717) is 0 Å².